The number of fused-ring (bicyclic) bond motifs is 1. The van der Waals surface area contributed by atoms with Crippen LogP contribution in [0.2, 0.25) is 0 Å². The number of methoxy groups -OCH3 is 2. The fourth-order valence-corrected chi connectivity index (χ4v) is 3.88. The van der Waals surface area contributed by atoms with E-state index in [0.717, 1.165) is 25.9 Å². The normalized spacial score (nSPS) is 14.2. The van der Waals surface area contributed by atoms with Gasteiger partial charge < -0.3 is 24.2 Å². The lowest BCUT2D eigenvalue weighted by atomic mass is 10.0. The van der Waals surface area contributed by atoms with Gasteiger partial charge in [0, 0.05) is 11.1 Å². The van der Waals surface area contributed by atoms with Gasteiger partial charge >= 0.3 is 0 Å². The number of ether oxygens (including phenoxy) is 3. The lowest BCUT2D eigenvalue weighted by Crippen LogP contribution is -3.10. The van der Waals surface area contributed by atoms with Gasteiger partial charge in [0.05, 0.1) is 32.9 Å². The monoisotopic (exact) mass is 411 g/mol. The number of carbonyl (C=O) groups excluding carboxylic acids is 1. The number of Topliss-reactive ketones (excluding diaryl/α,β-unsaturated/α-hetero) is 1. The first-order chi connectivity index (χ1) is 14.5. The van der Waals surface area contributed by atoms with E-state index in [4.69, 9.17) is 14.2 Å². The number of rotatable bonds is 9. The molecule has 0 saturated carbocycles. The van der Waals surface area contributed by atoms with Gasteiger partial charge in [0.1, 0.15) is 12.3 Å². The van der Waals surface area contributed by atoms with Crippen molar-refractivity contribution >= 4 is 11.9 Å². The van der Waals surface area contributed by atoms with Crippen LogP contribution in [0.3, 0.4) is 0 Å². The smallest absolute Gasteiger partial charge is 0.231 e. The SMILES string of the molecule is CCC[NH+](CCC)Cc1c([O-])ccc2c1OC(=Cc1cccc(OC)c1OC)C2=O. The van der Waals surface area contributed by atoms with Crippen molar-refractivity contribution in [3.63, 3.8) is 0 Å². The predicted molar refractivity (Wildman–Crippen MR) is 113 cm³/mol. The van der Waals surface area contributed by atoms with Gasteiger partial charge in [-0.05, 0) is 31.1 Å². The summed E-state index contributed by atoms with van der Waals surface area (Å²) < 4.78 is 16.7. The minimum atomic E-state index is -0.233. The Morgan fingerprint density at radius 1 is 1.07 bits per heavy atom. The lowest BCUT2D eigenvalue weighted by Gasteiger charge is -2.23. The highest BCUT2D eigenvalue weighted by atomic mass is 16.5. The van der Waals surface area contributed by atoms with Gasteiger partial charge in [0.15, 0.2) is 17.3 Å². The van der Waals surface area contributed by atoms with E-state index in [2.05, 4.69) is 13.8 Å². The van der Waals surface area contributed by atoms with Crippen molar-refractivity contribution in [1.29, 1.82) is 0 Å². The van der Waals surface area contributed by atoms with E-state index in [0.29, 0.717) is 40.5 Å². The van der Waals surface area contributed by atoms with Crippen LogP contribution in [0.5, 0.6) is 23.0 Å². The summed E-state index contributed by atoms with van der Waals surface area (Å²) in [4.78, 5) is 14.3. The van der Waals surface area contributed by atoms with Crippen LogP contribution in [0.4, 0.5) is 0 Å². The van der Waals surface area contributed by atoms with Gasteiger partial charge in [-0.1, -0.05) is 37.8 Å². The fourth-order valence-electron chi connectivity index (χ4n) is 3.88. The van der Waals surface area contributed by atoms with E-state index >= 15 is 0 Å². The van der Waals surface area contributed by atoms with Crippen LogP contribution >= 0.6 is 0 Å². The first-order valence-electron chi connectivity index (χ1n) is 10.4. The second-order valence-electron chi connectivity index (χ2n) is 7.37. The van der Waals surface area contributed by atoms with Crippen molar-refractivity contribution in [3.8, 4) is 23.0 Å². The molecule has 3 rings (SSSR count). The van der Waals surface area contributed by atoms with Crippen LogP contribution in [0.1, 0.15) is 48.2 Å². The van der Waals surface area contributed by atoms with E-state index < -0.39 is 0 Å². The van der Waals surface area contributed by atoms with E-state index in [9.17, 15) is 9.90 Å². The molecule has 0 aliphatic carbocycles. The van der Waals surface area contributed by atoms with E-state index in [-0.39, 0.29) is 17.3 Å². The summed E-state index contributed by atoms with van der Waals surface area (Å²) >= 11 is 0. The number of ketones is 1. The molecular weight excluding hydrogens is 382 g/mol. The second-order valence-corrected chi connectivity index (χ2v) is 7.37. The maximum Gasteiger partial charge on any atom is 0.231 e. The van der Waals surface area contributed by atoms with Crippen LogP contribution in [0.25, 0.3) is 6.08 Å². The number of hydrogen-bond donors (Lipinski definition) is 1. The molecule has 2 aromatic rings. The number of hydrogen-bond acceptors (Lipinski definition) is 5. The van der Waals surface area contributed by atoms with Gasteiger partial charge in [-0.3, -0.25) is 4.79 Å². The van der Waals surface area contributed by atoms with Gasteiger partial charge in [-0.2, -0.15) is 0 Å². The van der Waals surface area contributed by atoms with Gasteiger partial charge in [-0.25, -0.2) is 0 Å². The number of quaternary nitrogens is 1. The molecule has 0 unspecified atom stereocenters. The summed E-state index contributed by atoms with van der Waals surface area (Å²) in [6, 6.07) is 8.46. The van der Waals surface area contributed by atoms with Gasteiger partial charge in [0.2, 0.25) is 5.78 Å². The minimum absolute atomic E-state index is 0.0912. The Morgan fingerprint density at radius 2 is 1.80 bits per heavy atom. The highest BCUT2D eigenvalue weighted by molar-refractivity contribution is 6.15. The Balaban J connectivity index is 1.98. The second kappa shape index (κ2) is 9.67. The molecule has 1 N–H and O–H groups in total. The zero-order chi connectivity index (χ0) is 21.7. The van der Waals surface area contributed by atoms with Gasteiger partial charge in [0.25, 0.3) is 0 Å². The molecule has 0 fully saturated rings. The highest BCUT2D eigenvalue weighted by Gasteiger charge is 2.31. The third kappa shape index (κ3) is 4.28. The Kier molecular flexibility index (Phi) is 7.00. The van der Waals surface area contributed by atoms with Crippen molar-refractivity contribution in [2.75, 3.05) is 27.3 Å². The molecule has 2 aromatic carbocycles. The minimum Gasteiger partial charge on any atom is -0.872 e. The molecule has 1 aliphatic rings. The summed E-state index contributed by atoms with van der Waals surface area (Å²) in [6.45, 7) is 6.74. The number of benzene rings is 2. The third-order valence-corrected chi connectivity index (χ3v) is 5.25. The molecule has 0 amide bonds. The molecule has 0 atom stereocenters. The maximum absolute atomic E-state index is 13.0. The summed E-state index contributed by atoms with van der Waals surface area (Å²) in [5, 5.41) is 12.6. The Morgan fingerprint density at radius 3 is 2.43 bits per heavy atom. The van der Waals surface area contributed by atoms with Gasteiger partial charge in [-0.15, -0.1) is 0 Å². The molecule has 0 bridgehead atoms. The molecule has 160 valence electrons. The molecule has 1 heterocycles. The molecule has 30 heavy (non-hydrogen) atoms. The number of nitrogens with one attached hydrogen (secondary N) is 1. The predicted octanol–water partition coefficient (Wildman–Crippen LogP) is 2.60. The van der Waals surface area contributed by atoms with Crippen molar-refractivity contribution in [2.45, 2.75) is 33.2 Å². The maximum atomic E-state index is 13.0. The summed E-state index contributed by atoms with van der Waals surface area (Å²) in [5.41, 5.74) is 1.67. The van der Waals surface area contributed by atoms with Crippen molar-refractivity contribution < 1.29 is 29.0 Å². The number of carbonyl (C=O) groups is 1. The number of para-hydroxylation sites is 1. The third-order valence-electron chi connectivity index (χ3n) is 5.25. The Bertz CT molecular complexity index is 945. The van der Waals surface area contributed by atoms with Crippen LogP contribution in [-0.4, -0.2) is 33.1 Å². The average Bonchev–Trinajstić information content (AvgIpc) is 3.05. The largest absolute Gasteiger partial charge is 0.872 e. The molecular formula is C24H29NO5. The molecule has 6 nitrogen and oxygen atoms in total. The fraction of sp³-hybridized carbons (Fsp3) is 0.375. The zero-order valence-corrected chi connectivity index (χ0v) is 18.0. The highest BCUT2D eigenvalue weighted by Crippen LogP contribution is 2.39. The molecule has 6 heteroatoms. The molecule has 0 aromatic heterocycles. The topological polar surface area (TPSA) is 72.3 Å². The first-order valence-corrected chi connectivity index (χ1v) is 10.4. The molecule has 0 spiro atoms. The summed E-state index contributed by atoms with van der Waals surface area (Å²) in [6.07, 6.45) is 3.69. The standard InChI is InChI=1S/C24H29NO5/c1-5-12-25(13-6-2)15-18-19(26)11-10-17-22(27)21(30-24(17)18)14-16-8-7-9-20(28-3)23(16)29-4/h7-11,14,26H,5-6,12-13,15H2,1-4H3. The first kappa shape index (κ1) is 21.7. The van der Waals surface area contributed by atoms with Crippen LogP contribution < -0.4 is 24.2 Å². The molecule has 0 saturated heterocycles. The average molecular weight is 411 g/mol. The van der Waals surface area contributed by atoms with E-state index in [1.165, 1.54) is 11.0 Å². The molecule has 0 radical (unpaired) electrons. The van der Waals surface area contributed by atoms with Crippen LogP contribution in [-0.2, 0) is 6.54 Å². The lowest BCUT2D eigenvalue weighted by molar-refractivity contribution is -0.914. The van der Waals surface area contributed by atoms with E-state index in [1.54, 1.807) is 32.4 Å². The molecule has 1 aliphatic heterocycles. The van der Waals surface area contributed by atoms with E-state index in [1.807, 2.05) is 12.1 Å². The van der Waals surface area contributed by atoms with Crippen molar-refractivity contribution in [2.24, 2.45) is 0 Å². The van der Waals surface area contributed by atoms with Crippen LogP contribution in [0.15, 0.2) is 36.1 Å². The Hall–Kier alpha value is -2.99. The summed E-state index contributed by atoms with van der Waals surface area (Å²) in [7, 11) is 3.11. The summed E-state index contributed by atoms with van der Waals surface area (Å²) in [5.74, 6) is 1.33. The van der Waals surface area contributed by atoms with Crippen LogP contribution in [0, 0.1) is 0 Å². The van der Waals surface area contributed by atoms with Crippen molar-refractivity contribution in [3.05, 3.63) is 52.8 Å². The Labute approximate surface area is 177 Å². The van der Waals surface area contributed by atoms with Crippen molar-refractivity contribution in [1.82, 2.24) is 0 Å². The zero-order valence-electron chi connectivity index (χ0n) is 18.0. The number of allylic oxidation sites excluding steroid dienone is 1. The quantitative estimate of drug-likeness (QED) is 0.642.